The summed E-state index contributed by atoms with van der Waals surface area (Å²) in [6.45, 7) is 5.92. The van der Waals surface area contributed by atoms with Crippen molar-refractivity contribution in [3.63, 3.8) is 0 Å². The highest BCUT2D eigenvalue weighted by Crippen LogP contribution is 2.17. The molecule has 102 valence electrons. The van der Waals surface area contributed by atoms with Crippen LogP contribution in [0.15, 0.2) is 30.6 Å². The van der Waals surface area contributed by atoms with Crippen LogP contribution in [0.2, 0.25) is 0 Å². The summed E-state index contributed by atoms with van der Waals surface area (Å²) in [6.07, 6.45) is 7.58. The Morgan fingerprint density at radius 2 is 2.16 bits per heavy atom. The summed E-state index contributed by atoms with van der Waals surface area (Å²) < 4.78 is 2.12. The molecule has 0 atom stereocenters. The van der Waals surface area contributed by atoms with E-state index in [4.69, 9.17) is 0 Å². The van der Waals surface area contributed by atoms with Crippen molar-refractivity contribution >= 4 is 11.5 Å². The molecular formula is C15H22N4. The van der Waals surface area contributed by atoms with Crippen LogP contribution in [0.25, 0.3) is 5.65 Å². The normalized spacial score (nSPS) is 17.9. The molecule has 0 aromatic carbocycles. The van der Waals surface area contributed by atoms with Gasteiger partial charge in [-0.15, -0.1) is 0 Å². The molecule has 0 unspecified atom stereocenters. The van der Waals surface area contributed by atoms with Crippen LogP contribution >= 0.6 is 0 Å². The van der Waals surface area contributed by atoms with Crippen LogP contribution in [0.3, 0.4) is 0 Å². The Bertz CT molecular complexity index is 526. The van der Waals surface area contributed by atoms with Crippen LogP contribution in [0.1, 0.15) is 26.2 Å². The number of aromatic nitrogens is 2. The molecule has 0 aliphatic carbocycles. The fourth-order valence-electron chi connectivity index (χ4n) is 2.89. The molecule has 1 fully saturated rings. The second-order valence-electron chi connectivity index (χ2n) is 5.33. The van der Waals surface area contributed by atoms with Gasteiger partial charge in [-0.2, -0.15) is 0 Å². The van der Waals surface area contributed by atoms with Gasteiger partial charge in [-0.3, -0.25) is 4.40 Å². The number of imidazole rings is 1. The second-order valence-corrected chi connectivity index (χ2v) is 5.33. The molecule has 1 saturated heterocycles. The fourth-order valence-corrected chi connectivity index (χ4v) is 2.89. The van der Waals surface area contributed by atoms with Gasteiger partial charge in [0, 0.05) is 31.5 Å². The van der Waals surface area contributed by atoms with E-state index in [0.29, 0.717) is 6.04 Å². The van der Waals surface area contributed by atoms with E-state index < -0.39 is 0 Å². The van der Waals surface area contributed by atoms with Crippen molar-refractivity contribution in [3.8, 4) is 0 Å². The summed E-state index contributed by atoms with van der Waals surface area (Å²) in [7, 11) is 0. The maximum Gasteiger partial charge on any atom is 0.138 e. The van der Waals surface area contributed by atoms with E-state index in [2.05, 4.69) is 38.7 Å². The van der Waals surface area contributed by atoms with Gasteiger partial charge >= 0.3 is 0 Å². The minimum Gasteiger partial charge on any atom is -0.368 e. The van der Waals surface area contributed by atoms with Crippen molar-refractivity contribution in [3.05, 3.63) is 30.6 Å². The van der Waals surface area contributed by atoms with Gasteiger partial charge in [-0.1, -0.05) is 13.0 Å². The van der Waals surface area contributed by atoms with E-state index in [1.54, 1.807) is 0 Å². The third-order valence-electron chi connectivity index (χ3n) is 3.91. The number of likely N-dealkylation sites (tertiary alicyclic amines) is 1. The molecule has 19 heavy (non-hydrogen) atoms. The Morgan fingerprint density at radius 1 is 1.32 bits per heavy atom. The molecular weight excluding hydrogens is 236 g/mol. The monoisotopic (exact) mass is 258 g/mol. The van der Waals surface area contributed by atoms with E-state index in [1.807, 2.05) is 18.5 Å². The quantitative estimate of drug-likeness (QED) is 0.915. The first-order valence-electron chi connectivity index (χ1n) is 7.28. The van der Waals surface area contributed by atoms with E-state index in [9.17, 15) is 0 Å². The van der Waals surface area contributed by atoms with Crippen molar-refractivity contribution in [1.82, 2.24) is 14.3 Å². The maximum absolute atomic E-state index is 4.32. The minimum absolute atomic E-state index is 0.584. The number of pyridine rings is 1. The summed E-state index contributed by atoms with van der Waals surface area (Å²) in [5.74, 6) is 1.16. The van der Waals surface area contributed by atoms with Gasteiger partial charge in [0.05, 0.1) is 0 Å². The van der Waals surface area contributed by atoms with Gasteiger partial charge in [-0.25, -0.2) is 4.98 Å². The highest BCUT2D eigenvalue weighted by atomic mass is 15.2. The Hall–Kier alpha value is -1.55. The lowest BCUT2D eigenvalue weighted by atomic mass is 10.0. The third-order valence-corrected chi connectivity index (χ3v) is 3.91. The summed E-state index contributed by atoms with van der Waals surface area (Å²) in [5.41, 5.74) is 1.01. The average molecular weight is 258 g/mol. The lowest BCUT2D eigenvalue weighted by Crippen LogP contribution is -2.39. The number of nitrogens with one attached hydrogen (secondary N) is 1. The third kappa shape index (κ3) is 2.73. The first-order valence-corrected chi connectivity index (χ1v) is 7.28. The number of anilines is 1. The first kappa shape index (κ1) is 12.5. The van der Waals surface area contributed by atoms with E-state index in [0.717, 1.165) is 11.5 Å². The number of piperidine rings is 1. The summed E-state index contributed by atoms with van der Waals surface area (Å²) in [6, 6.07) is 6.82. The smallest absolute Gasteiger partial charge is 0.138 e. The van der Waals surface area contributed by atoms with Crippen LogP contribution in [0.5, 0.6) is 0 Å². The average Bonchev–Trinajstić information content (AvgIpc) is 2.91. The van der Waals surface area contributed by atoms with Gasteiger partial charge in [-0.05, 0) is 37.9 Å². The number of hydrogen-bond donors (Lipinski definition) is 1. The highest BCUT2D eigenvalue weighted by molar-refractivity contribution is 5.50. The largest absolute Gasteiger partial charge is 0.368 e. The number of nitrogens with zero attached hydrogens (tertiary/aromatic N) is 3. The first-order chi connectivity index (χ1) is 9.36. The summed E-state index contributed by atoms with van der Waals surface area (Å²) in [4.78, 5) is 6.89. The molecule has 1 N–H and O–H groups in total. The SMILES string of the molecule is CCCN1CCC(Nc2cccc3nccn23)CC1. The Kier molecular flexibility index (Phi) is 3.69. The maximum atomic E-state index is 4.32. The molecule has 0 bridgehead atoms. The molecule has 0 amide bonds. The minimum atomic E-state index is 0.584. The van der Waals surface area contributed by atoms with Gasteiger partial charge < -0.3 is 10.2 Å². The molecule has 4 nitrogen and oxygen atoms in total. The van der Waals surface area contributed by atoms with Gasteiger partial charge in [0.1, 0.15) is 11.5 Å². The zero-order chi connectivity index (χ0) is 13.1. The Morgan fingerprint density at radius 3 is 2.95 bits per heavy atom. The predicted octanol–water partition coefficient (Wildman–Crippen LogP) is 2.62. The Balaban J connectivity index is 1.65. The van der Waals surface area contributed by atoms with Crippen molar-refractivity contribution in [2.75, 3.05) is 25.0 Å². The summed E-state index contributed by atoms with van der Waals surface area (Å²) >= 11 is 0. The van der Waals surface area contributed by atoms with Crippen molar-refractivity contribution < 1.29 is 0 Å². The van der Waals surface area contributed by atoms with Crippen LogP contribution in [0, 0.1) is 0 Å². The van der Waals surface area contributed by atoms with Gasteiger partial charge in [0.2, 0.25) is 0 Å². The van der Waals surface area contributed by atoms with Crippen molar-refractivity contribution in [2.24, 2.45) is 0 Å². The molecule has 1 aliphatic heterocycles. The topological polar surface area (TPSA) is 32.6 Å². The molecule has 1 aliphatic rings. The lowest BCUT2D eigenvalue weighted by Gasteiger charge is -2.32. The van der Waals surface area contributed by atoms with Crippen molar-refractivity contribution in [2.45, 2.75) is 32.2 Å². The molecule has 0 radical (unpaired) electrons. The second kappa shape index (κ2) is 5.61. The predicted molar refractivity (Wildman–Crippen MR) is 78.6 cm³/mol. The van der Waals surface area contributed by atoms with Crippen LogP contribution in [-0.4, -0.2) is 40.0 Å². The van der Waals surface area contributed by atoms with Crippen molar-refractivity contribution in [1.29, 1.82) is 0 Å². The Labute approximate surface area is 114 Å². The van der Waals surface area contributed by atoms with E-state index in [1.165, 1.54) is 38.9 Å². The molecule has 3 rings (SSSR count). The molecule has 0 spiro atoms. The zero-order valence-electron chi connectivity index (χ0n) is 11.5. The molecule has 0 saturated carbocycles. The van der Waals surface area contributed by atoms with Gasteiger partial charge in [0.25, 0.3) is 0 Å². The zero-order valence-corrected chi connectivity index (χ0v) is 11.5. The molecule has 4 heteroatoms. The van der Waals surface area contributed by atoms with Crippen LogP contribution in [-0.2, 0) is 0 Å². The highest BCUT2D eigenvalue weighted by Gasteiger charge is 2.18. The molecule has 2 aromatic heterocycles. The van der Waals surface area contributed by atoms with Crippen LogP contribution < -0.4 is 5.32 Å². The fraction of sp³-hybridized carbons (Fsp3) is 0.533. The number of rotatable bonds is 4. The van der Waals surface area contributed by atoms with Crippen LogP contribution in [0.4, 0.5) is 5.82 Å². The number of hydrogen-bond acceptors (Lipinski definition) is 3. The summed E-state index contributed by atoms with van der Waals surface area (Å²) in [5, 5.41) is 3.67. The standard InChI is InChI=1S/C15H22N4/c1-2-9-18-10-6-13(7-11-18)17-15-5-3-4-14-16-8-12-19(14)15/h3-5,8,12-13,17H,2,6-7,9-11H2,1H3. The van der Waals surface area contributed by atoms with E-state index >= 15 is 0 Å². The van der Waals surface area contributed by atoms with Gasteiger partial charge in [0.15, 0.2) is 0 Å². The molecule has 2 aromatic rings. The number of fused-ring (bicyclic) bond motifs is 1. The van der Waals surface area contributed by atoms with E-state index in [-0.39, 0.29) is 0 Å². The molecule has 3 heterocycles. The lowest BCUT2D eigenvalue weighted by molar-refractivity contribution is 0.219.